The van der Waals surface area contributed by atoms with Crippen molar-refractivity contribution in [3.8, 4) is 0 Å². The van der Waals surface area contributed by atoms with Crippen molar-refractivity contribution in [3.63, 3.8) is 0 Å². The summed E-state index contributed by atoms with van der Waals surface area (Å²) < 4.78 is 1.39. The largest absolute Gasteiger partial charge is 0.292 e. The van der Waals surface area contributed by atoms with Crippen LogP contribution in [0.15, 0.2) is 40.8 Å². The molecule has 1 aliphatic carbocycles. The topological polar surface area (TPSA) is 52.0 Å². The van der Waals surface area contributed by atoms with Crippen LogP contribution in [0.5, 0.6) is 0 Å². The van der Waals surface area contributed by atoms with Crippen LogP contribution in [-0.4, -0.2) is 15.3 Å². The van der Waals surface area contributed by atoms with Crippen LogP contribution in [0.3, 0.4) is 0 Å². The molecule has 0 saturated heterocycles. The van der Waals surface area contributed by atoms with Crippen molar-refractivity contribution in [2.75, 3.05) is 0 Å². The molecule has 2 heterocycles. The SMILES string of the molecule is O=C(Cn1cnc2sccc2c1=O)c1ccc2c(c1)CCC2. The minimum absolute atomic E-state index is 0.0381. The fourth-order valence-electron chi connectivity index (χ4n) is 3.00. The highest BCUT2D eigenvalue weighted by molar-refractivity contribution is 7.16. The third-order valence-corrected chi connectivity index (χ3v) is 5.01. The van der Waals surface area contributed by atoms with Crippen molar-refractivity contribution < 1.29 is 4.79 Å². The first-order valence-electron chi connectivity index (χ1n) is 7.30. The molecule has 0 unspecified atom stereocenters. The highest BCUT2D eigenvalue weighted by Gasteiger charge is 2.15. The molecule has 0 bridgehead atoms. The summed E-state index contributed by atoms with van der Waals surface area (Å²) in [6.07, 6.45) is 4.76. The van der Waals surface area contributed by atoms with E-state index in [0.717, 1.165) is 19.3 Å². The molecule has 4 nitrogen and oxygen atoms in total. The molecule has 1 aromatic carbocycles. The van der Waals surface area contributed by atoms with Gasteiger partial charge in [-0.25, -0.2) is 4.98 Å². The average molecular weight is 310 g/mol. The van der Waals surface area contributed by atoms with Crippen molar-refractivity contribution in [3.05, 3.63) is 63.0 Å². The van der Waals surface area contributed by atoms with E-state index in [9.17, 15) is 9.59 Å². The average Bonchev–Trinajstić information content (AvgIpc) is 3.17. The summed E-state index contributed by atoms with van der Waals surface area (Å²) in [6, 6.07) is 7.64. The first-order chi connectivity index (χ1) is 10.7. The first-order valence-corrected chi connectivity index (χ1v) is 8.18. The predicted octanol–water partition coefficient (Wildman–Crippen LogP) is 2.83. The molecule has 0 fully saturated rings. The number of carbonyl (C=O) groups is 1. The number of Topliss-reactive ketones (excluding diaryl/α,β-unsaturated/α-hetero) is 1. The Morgan fingerprint density at radius 1 is 1.23 bits per heavy atom. The number of hydrogen-bond donors (Lipinski definition) is 0. The van der Waals surface area contributed by atoms with E-state index in [4.69, 9.17) is 0 Å². The van der Waals surface area contributed by atoms with E-state index in [-0.39, 0.29) is 17.9 Å². The molecule has 0 N–H and O–H groups in total. The Morgan fingerprint density at radius 3 is 3.00 bits per heavy atom. The number of aromatic nitrogens is 2. The van der Waals surface area contributed by atoms with Gasteiger partial charge in [0.15, 0.2) is 5.78 Å². The number of rotatable bonds is 3. The molecule has 2 aromatic heterocycles. The quantitative estimate of drug-likeness (QED) is 0.699. The summed E-state index contributed by atoms with van der Waals surface area (Å²) in [4.78, 5) is 29.7. The lowest BCUT2D eigenvalue weighted by Crippen LogP contribution is -2.24. The van der Waals surface area contributed by atoms with Gasteiger partial charge in [-0.3, -0.25) is 14.2 Å². The third kappa shape index (κ3) is 2.18. The van der Waals surface area contributed by atoms with Gasteiger partial charge in [-0.15, -0.1) is 11.3 Å². The number of ketones is 1. The van der Waals surface area contributed by atoms with E-state index in [1.165, 1.54) is 33.4 Å². The molecule has 0 saturated carbocycles. The van der Waals surface area contributed by atoms with Gasteiger partial charge in [-0.1, -0.05) is 12.1 Å². The van der Waals surface area contributed by atoms with Crippen LogP contribution in [0.2, 0.25) is 0 Å². The van der Waals surface area contributed by atoms with Crippen molar-refractivity contribution in [2.45, 2.75) is 25.8 Å². The molecule has 0 atom stereocenters. The molecule has 0 aliphatic heterocycles. The smallest absolute Gasteiger partial charge is 0.262 e. The Balaban J connectivity index is 1.66. The van der Waals surface area contributed by atoms with Gasteiger partial charge in [0.05, 0.1) is 18.3 Å². The van der Waals surface area contributed by atoms with Gasteiger partial charge in [0.1, 0.15) is 4.83 Å². The van der Waals surface area contributed by atoms with Gasteiger partial charge < -0.3 is 0 Å². The number of carbonyl (C=O) groups excluding carboxylic acids is 1. The van der Waals surface area contributed by atoms with E-state index in [1.54, 1.807) is 6.07 Å². The molecule has 5 heteroatoms. The zero-order chi connectivity index (χ0) is 15.1. The first kappa shape index (κ1) is 13.4. The van der Waals surface area contributed by atoms with Gasteiger partial charge in [0.2, 0.25) is 0 Å². The Kier molecular flexibility index (Phi) is 3.15. The van der Waals surface area contributed by atoms with Crippen LogP contribution >= 0.6 is 11.3 Å². The number of fused-ring (bicyclic) bond motifs is 2. The van der Waals surface area contributed by atoms with Crippen molar-refractivity contribution in [2.24, 2.45) is 0 Å². The van der Waals surface area contributed by atoms with Crippen molar-refractivity contribution in [1.82, 2.24) is 9.55 Å². The summed E-state index contributed by atoms with van der Waals surface area (Å²) >= 11 is 1.43. The van der Waals surface area contributed by atoms with Crippen LogP contribution < -0.4 is 5.56 Å². The molecule has 3 aromatic rings. The zero-order valence-corrected chi connectivity index (χ0v) is 12.7. The molecule has 1 aliphatic rings. The number of benzene rings is 1. The summed E-state index contributed by atoms with van der Waals surface area (Å²) in [5.41, 5.74) is 3.14. The molecule has 22 heavy (non-hydrogen) atoms. The monoisotopic (exact) mass is 310 g/mol. The minimum Gasteiger partial charge on any atom is -0.292 e. The zero-order valence-electron chi connectivity index (χ0n) is 11.9. The maximum atomic E-state index is 12.5. The van der Waals surface area contributed by atoms with Gasteiger partial charge in [0, 0.05) is 5.56 Å². The summed E-state index contributed by atoms with van der Waals surface area (Å²) in [5.74, 6) is -0.0480. The van der Waals surface area contributed by atoms with Gasteiger partial charge in [0.25, 0.3) is 5.56 Å². The fraction of sp³-hybridized carbons (Fsp3) is 0.235. The highest BCUT2D eigenvalue weighted by atomic mass is 32.1. The Labute approximate surface area is 131 Å². The van der Waals surface area contributed by atoms with Crippen LogP contribution in [0.25, 0.3) is 10.2 Å². The van der Waals surface area contributed by atoms with Gasteiger partial charge in [-0.2, -0.15) is 0 Å². The van der Waals surface area contributed by atoms with Crippen molar-refractivity contribution in [1.29, 1.82) is 0 Å². The fourth-order valence-corrected chi connectivity index (χ4v) is 3.72. The lowest BCUT2D eigenvalue weighted by molar-refractivity contribution is 0.0970. The molecule has 110 valence electrons. The second kappa shape index (κ2) is 5.18. The maximum Gasteiger partial charge on any atom is 0.262 e. The lowest BCUT2D eigenvalue weighted by Gasteiger charge is -2.06. The van der Waals surface area contributed by atoms with Crippen LogP contribution in [0.4, 0.5) is 0 Å². The van der Waals surface area contributed by atoms with E-state index in [0.29, 0.717) is 15.8 Å². The highest BCUT2D eigenvalue weighted by Crippen LogP contribution is 2.23. The van der Waals surface area contributed by atoms with Crippen LogP contribution in [-0.2, 0) is 19.4 Å². The second-order valence-electron chi connectivity index (χ2n) is 5.58. The summed E-state index contributed by atoms with van der Waals surface area (Å²) in [6.45, 7) is 0.0381. The number of aryl methyl sites for hydroxylation is 2. The third-order valence-electron chi connectivity index (χ3n) is 4.18. The summed E-state index contributed by atoms with van der Waals surface area (Å²) in [5, 5.41) is 2.42. The molecule has 0 radical (unpaired) electrons. The van der Waals surface area contributed by atoms with Crippen LogP contribution in [0.1, 0.15) is 27.9 Å². The number of nitrogens with zero attached hydrogens (tertiary/aromatic N) is 2. The normalized spacial score (nSPS) is 13.5. The molecule has 0 amide bonds. The minimum atomic E-state index is -0.152. The van der Waals surface area contributed by atoms with Crippen LogP contribution in [0, 0.1) is 0 Å². The van der Waals surface area contributed by atoms with E-state index in [1.807, 2.05) is 23.6 Å². The Morgan fingerprint density at radius 2 is 2.09 bits per heavy atom. The van der Waals surface area contributed by atoms with E-state index >= 15 is 0 Å². The predicted molar refractivity (Wildman–Crippen MR) is 86.7 cm³/mol. The van der Waals surface area contributed by atoms with E-state index < -0.39 is 0 Å². The second-order valence-corrected chi connectivity index (χ2v) is 6.47. The van der Waals surface area contributed by atoms with Crippen molar-refractivity contribution >= 4 is 27.3 Å². The number of thiophene rings is 1. The van der Waals surface area contributed by atoms with Gasteiger partial charge >= 0.3 is 0 Å². The molecular formula is C17H14N2O2S. The number of hydrogen-bond acceptors (Lipinski definition) is 4. The molecule has 0 spiro atoms. The Hall–Kier alpha value is -2.27. The van der Waals surface area contributed by atoms with E-state index in [2.05, 4.69) is 4.98 Å². The van der Waals surface area contributed by atoms with Gasteiger partial charge in [-0.05, 0) is 47.9 Å². The molecule has 4 rings (SSSR count). The maximum absolute atomic E-state index is 12.5. The standard InChI is InChI=1S/C17H14N2O2S/c20-15(13-5-4-11-2-1-3-12(11)8-13)9-19-10-18-16-14(17(19)21)6-7-22-16/h4-8,10H,1-3,9H2. The molecular weight excluding hydrogens is 296 g/mol. The summed E-state index contributed by atoms with van der Waals surface area (Å²) in [7, 11) is 0. The Bertz CT molecular complexity index is 939. The lowest BCUT2D eigenvalue weighted by atomic mass is 10.0.